The normalized spacial score (nSPS) is 12.2. The molecule has 2 aromatic carbocycles. The van der Waals surface area contributed by atoms with E-state index in [0.29, 0.717) is 22.7 Å². The SMILES string of the molecule is CCn1c(CSc2ccccc2F)nc2cc(S(=O)(=O)N(C)C)ccc21. The lowest BCUT2D eigenvalue weighted by atomic mass is 10.3. The van der Waals surface area contributed by atoms with Gasteiger partial charge in [-0.25, -0.2) is 22.1 Å². The first-order valence-electron chi connectivity index (χ1n) is 8.13. The lowest BCUT2D eigenvalue weighted by molar-refractivity contribution is 0.521. The Balaban J connectivity index is 1.97. The van der Waals surface area contributed by atoms with Crippen molar-refractivity contribution >= 4 is 32.8 Å². The van der Waals surface area contributed by atoms with Crippen LogP contribution >= 0.6 is 11.8 Å². The van der Waals surface area contributed by atoms with E-state index in [2.05, 4.69) is 4.98 Å². The fourth-order valence-corrected chi connectivity index (χ4v) is 4.51. The molecule has 3 rings (SSSR count). The van der Waals surface area contributed by atoms with Gasteiger partial charge in [0.25, 0.3) is 0 Å². The molecular weight excluding hydrogens is 373 g/mol. The first-order chi connectivity index (χ1) is 12.3. The van der Waals surface area contributed by atoms with Gasteiger partial charge in [-0.3, -0.25) is 0 Å². The summed E-state index contributed by atoms with van der Waals surface area (Å²) < 4.78 is 41.7. The van der Waals surface area contributed by atoms with Crippen molar-refractivity contribution in [1.82, 2.24) is 13.9 Å². The molecule has 5 nitrogen and oxygen atoms in total. The summed E-state index contributed by atoms with van der Waals surface area (Å²) in [5, 5.41) is 0. The Labute approximate surface area is 156 Å². The van der Waals surface area contributed by atoms with Crippen molar-refractivity contribution < 1.29 is 12.8 Å². The molecule has 3 aromatic rings. The standard InChI is InChI=1S/C18H20FN3O2S2/c1-4-22-16-10-9-13(26(23,24)21(2)3)11-15(16)20-18(22)12-25-17-8-6-5-7-14(17)19/h5-11H,4,12H2,1-3H3. The molecule has 0 unspecified atom stereocenters. The number of thioether (sulfide) groups is 1. The number of rotatable bonds is 6. The molecule has 0 N–H and O–H groups in total. The van der Waals surface area contributed by atoms with Crippen LogP contribution in [-0.2, 0) is 22.3 Å². The summed E-state index contributed by atoms with van der Waals surface area (Å²) in [5.41, 5.74) is 1.49. The number of benzene rings is 2. The molecule has 138 valence electrons. The molecule has 1 aromatic heterocycles. The van der Waals surface area contributed by atoms with E-state index < -0.39 is 10.0 Å². The van der Waals surface area contributed by atoms with Crippen molar-refractivity contribution in [1.29, 1.82) is 0 Å². The number of halogens is 1. The third-order valence-electron chi connectivity index (χ3n) is 4.09. The Morgan fingerprint density at radius 2 is 1.92 bits per heavy atom. The van der Waals surface area contributed by atoms with Crippen LogP contribution in [-0.4, -0.2) is 36.4 Å². The van der Waals surface area contributed by atoms with E-state index in [1.165, 1.54) is 36.2 Å². The summed E-state index contributed by atoms with van der Waals surface area (Å²) in [6.07, 6.45) is 0. The summed E-state index contributed by atoms with van der Waals surface area (Å²) in [6, 6.07) is 11.6. The Kier molecular flexibility index (Phi) is 5.36. The zero-order chi connectivity index (χ0) is 18.9. The zero-order valence-corrected chi connectivity index (χ0v) is 16.4. The molecule has 0 bridgehead atoms. The summed E-state index contributed by atoms with van der Waals surface area (Å²) in [6.45, 7) is 2.70. The lowest BCUT2D eigenvalue weighted by Gasteiger charge is -2.11. The molecule has 0 saturated carbocycles. The van der Waals surface area contributed by atoms with E-state index in [0.717, 1.165) is 11.3 Å². The van der Waals surface area contributed by atoms with Crippen LogP contribution < -0.4 is 0 Å². The summed E-state index contributed by atoms with van der Waals surface area (Å²) in [4.78, 5) is 5.38. The zero-order valence-electron chi connectivity index (χ0n) is 14.8. The highest BCUT2D eigenvalue weighted by Crippen LogP contribution is 2.28. The maximum absolute atomic E-state index is 13.8. The van der Waals surface area contributed by atoms with Gasteiger partial charge < -0.3 is 4.57 Å². The highest BCUT2D eigenvalue weighted by molar-refractivity contribution is 7.98. The number of nitrogens with zero attached hydrogens (tertiary/aromatic N) is 3. The third-order valence-corrected chi connectivity index (χ3v) is 6.94. The van der Waals surface area contributed by atoms with Crippen molar-refractivity contribution in [2.75, 3.05) is 14.1 Å². The maximum Gasteiger partial charge on any atom is 0.242 e. The second kappa shape index (κ2) is 7.38. The Morgan fingerprint density at radius 3 is 2.58 bits per heavy atom. The molecule has 0 aliphatic carbocycles. The van der Waals surface area contributed by atoms with Crippen LogP contribution in [0.15, 0.2) is 52.3 Å². The average Bonchev–Trinajstić information content (AvgIpc) is 2.97. The Morgan fingerprint density at radius 1 is 1.19 bits per heavy atom. The van der Waals surface area contributed by atoms with Crippen LogP contribution in [0.5, 0.6) is 0 Å². The molecule has 0 aliphatic rings. The largest absolute Gasteiger partial charge is 0.328 e. The van der Waals surface area contributed by atoms with Gasteiger partial charge in [0.2, 0.25) is 10.0 Å². The van der Waals surface area contributed by atoms with E-state index in [1.807, 2.05) is 11.5 Å². The van der Waals surface area contributed by atoms with Crippen molar-refractivity contribution in [2.45, 2.75) is 29.0 Å². The molecule has 26 heavy (non-hydrogen) atoms. The number of sulfonamides is 1. The minimum atomic E-state index is -3.51. The molecule has 0 atom stereocenters. The molecule has 0 aliphatic heterocycles. The second-order valence-corrected chi connectivity index (χ2v) is 9.10. The van der Waals surface area contributed by atoms with Crippen LogP contribution in [0, 0.1) is 5.82 Å². The van der Waals surface area contributed by atoms with Crippen molar-refractivity contribution in [3.8, 4) is 0 Å². The fourth-order valence-electron chi connectivity index (χ4n) is 2.70. The van der Waals surface area contributed by atoms with Gasteiger partial charge in [-0.2, -0.15) is 0 Å². The molecule has 0 saturated heterocycles. The van der Waals surface area contributed by atoms with Gasteiger partial charge in [0.05, 0.1) is 21.7 Å². The Hall–Kier alpha value is -1.90. The molecule has 8 heteroatoms. The van der Waals surface area contributed by atoms with Gasteiger partial charge in [0, 0.05) is 25.5 Å². The smallest absolute Gasteiger partial charge is 0.242 e. The van der Waals surface area contributed by atoms with E-state index in [9.17, 15) is 12.8 Å². The van der Waals surface area contributed by atoms with Crippen LogP contribution in [0.3, 0.4) is 0 Å². The maximum atomic E-state index is 13.8. The van der Waals surface area contributed by atoms with Crippen molar-refractivity contribution in [2.24, 2.45) is 0 Å². The number of aryl methyl sites for hydroxylation is 1. The van der Waals surface area contributed by atoms with Gasteiger partial charge >= 0.3 is 0 Å². The minimum Gasteiger partial charge on any atom is -0.328 e. The third kappa shape index (κ3) is 3.49. The predicted molar refractivity (Wildman–Crippen MR) is 102 cm³/mol. The van der Waals surface area contributed by atoms with Crippen molar-refractivity contribution in [3.63, 3.8) is 0 Å². The topological polar surface area (TPSA) is 55.2 Å². The minimum absolute atomic E-state index is 0.212. The number of hydrogen-bond donors (Lipinski definition) is 0. The lowest BCUT2D eigenvalue weighted by Crippen LogP contribution is -2.22. The van der Waals surface area contributed by atoms with Gasteiger partial charge in [-0.15, -0.1) is 11.8 Å². The van der Waals surface area contributed by atoms with Gasteiger partial charge in [0.1, 0.15) is 11.6 Å². The first-order valence-corrected chi connectivity index (χ1v) is 10.6. The van der Waals surface area contributed by atoms with Crippen LogP contribution in [0.25, 0.3) is 11.0 Å². The highest BCUT2D eigenvalue weighted by Gasteiger charge is 2.19. The van der Waals surface area contributed by atoms with Gasteiger partial charge in [-0.05, 0) is 37.3 Å². The van der Waals surface area contributed by atoms with Gasteiger partial charge in [0.15, 0.2) is 0 Å². The predicted octanol–water partition coefficient (Wildman–Crippen LogP) is 3.74. The van der Waals surface area contributed by atoms with E-state index >= 15 is 0 Å². The van der Waals surface area contributed by atoms with Crippen LogP contribution in [0.4, 0.5) is 4.39 Å². The first kappa shape index (κ1) is 18.9. The number of aromatic nitrogens is 2. The quantitative estimate of drug-likeness (QED) is 0.599. The molecule has 0 spiro atoms. The molecule has 0 radical (unpaired) electrons. The fraction of sp³-hybridized carbons (Fsp3) is 0.278. The van der Waals surface area contributed by atoms with Crippen LogP contribution in [0.1, 0.15) is 12.7 Å². The molecular formula is C18H20FN3O2S2. The van der Waals surface area contributed by atoms with E-state index in [-0.39, 0.29) is 10.7 Å². The van der Waals surface area contributed by atoms with Crippen LogP contribution in [0.2, 0.25) is 0 Å². The second-order valence-electron chi connectivity index (χ2n) is 5.93. The Bertz CT molecular complexity index is 1050. The average molecular weight is 394 g/mol. The number of imidazole rings is 1. The summed E-state index contributed by atoms with van der Waals surface area (Å²) >= 11 is 1.37. The van der Waals surface area contributed by atoms with E-state index in [1.54, 1.807) is 36.4 Å². The van der Waals surface area contributed by atoms with Gasteiger partial charge in [-0.1, -0.05) is 12.1 Å². The summed E-state index contributed by atoms with van der Waals surface area (Å²) in [7, 11) is -0.509. The monoisotopic (exact) mass is 393 g/mol. The molecule has 0 amide bonds. The highest BCUT2D eigenvalue weighted by atomic mass is 32.2. The molecule has 1 heterocycles. The van der Waals surface area contributed by atoms with E-state index in [4.69, 9.17) is 0 Å². The number of fused-ring (bicyclic) bond motifs is 1. The number of hydrogen-bond acceptors (Lipinski definition) is 4. The van der Waals surface area contributed by atoms with Crippen molar-refractivity contribution in [3.05, 3.63) is 54.1 Å². The molecule has 0 fully saturated rings. The summed E-state index contributed by atoms with van der Waals surface area (Å²) in [5.74, 6) is 1.03.